The van der Waals surface area contributed by atoms with E-state index in [4.69, 9.17) is 11.6 Å². The summed E-state index contributed by atoms with van der Waals surface area (Å²) in [7, 11) is 0. The lowest BCUT2D eigenvalue weighted by molar-refractivity contribution is -0.115. The summed E-state index contributed by atoms with van der Waals surface area (Å²) in [6, 6.07) is 9.83. The van der Waals surface area contributed by atoms with Crippen molar-refractivity contribution < 1.29 is 4.79 Å². The molecule has 1 aliphatic carbocycles. The van der Waals surface area contributed by atoms with Gasteiger partial charge in [0.2, 0.25) is 5.91 Å². The summed E-state index contributed by atoms with van der Waals surface area (Å²) in [4.78, 5) is 13.4. The van der Waals surface area contributed by atoms with E-state index in [0.29, 0.717) is 15.6 Å². The molecule has 0 saturated heterocycles. The van der Waals surface area contributed by atoms with E-state index in [0.717, 1.165) is 30.4 Å². The van der Waals surface area contributed by atoms with E-state index in [-0.39, 0.29) is 18.5 Å². The molecule has 0 bridgehead atoms. The number of carbonyl (C=O) groups excluding carboxylic acids is 1. The fourth-order valence-electron chi connectivity index (χ4n) is 2.90. The molecule has 0 unspecified atom stereocenters. The van der Waals surface area contributed by atoms with Crippen LogP contribution in [0.5, 0.6) is 0 Å². The number of benzene rings is 1. The van der Waals surface area contributed by atoms with Crippen molar-refractivity contribution in [2.45, 2.75) is 32.2 Å². The molecule has 3 rings (SSSR count). The van der Waals surface area contributed by atoms with Crippen LogP contribution in [-0.4, -0.2) is 12.5 Å². The van der Waals surface area contributed by atoms with E-state index in [1.807, 2.05) is 31.2 Å². The molecule has 2 aromatic rings. The van der Waals surface area contributed by atoms with Crippen LogP contribution in [0.25, 0.3) is 0 Å². The second-order valence-corrected chi connectivity index (χ2v) is 7.42. The Kier molecular flexibility index (Phi) is 5.20. The Bertz CT molecular complexity index is 792. The highest BCUT2D eigenvalue weighted by atomic mass is 35.5. The van der Waals surface area contributed by atoms with Crippen molar-refractivity contribution in [3.05, 3.63) is 50.9 Å². The number of aryl methyl sites for hydroxylation is 1. The highest BCUT2D eigenvalue weighted by Crippen LogP contribution is 2.38. The second-order valence-electron chi connectivity index (χ2n) is 5.88. The first kappa shape index (κ1) is 17.0. The maximum Gasteiger partial charge on any atom is 0.238 e. The number of halogens is 1. The number of nitriles is 1. The van der Waals surface area contributed by atoms with Crippen molar-refractivity contribution in [2.75, 3.05) is 11.9 Å². The Balaban J connectivity index is 1.58. The fourth-order valence-corrected chi connectivity index (χ4v) is 4.28. The minimum atomic E-state index is -0.132. The molecule has 0 saturated carbocycles. The number of rotatable bonds is 5. The van der Waals surface area contributed by atoms with Crippen LogP contribution in [0.1, 0.15) is 41.0 Å². The Morgan fingerprint density at radius 3 is 2.83 bits per heavy atom. The molecule has 1 aromatic carbocycles. The number of fused-ring (bicyclic) bond motifs is 1. The molecule has 1 aromatic heterocycles. The first-order valence-electron chi connectivity index (χ1n) is 7.92. The summed E-state index contributed by atoms with van der Waals surface area (Å²) in [6.45, 7) is 2.19. The molecule has 1 atom stereocenters. The van der Waals surface area contributed by atoms with Gasteiger partial charge in [0.1, 0.15) is 11.1 Å². The molecule has 1 aliphatic rings. The number of nitrogens with zero attached hydrogens (tertiary/aromatic N) is 1. The number of hydrogen-bond donors (Lipinski definition) is 2. The Labute approximate surface area is 150 Å². The molecule has 0 spiro atoms. The number of anilines is 1. The molecule has 1 heterocycles. The fraction of sp³-hybridized carbons (Fsp3) is 0.333. The first-order valence-corrected chi connectivity index (χ1v) is 9.11. The lowest BCUT2D eigenvalue weighted by atomic mass is 10.1. The van der Waals surface area contributed by atoms with E-state index < -0.39 is 0 Å². The summed E-state index contributed by atoms with van der Waals surface area (Å²) >= 11 is 7.42. The molecular weight excluding hydrogens is 342 g/mol. The van der Waals surface area contributed by atoms with E-state index in [1.54, 1.807) is 0 Å². The summed E-state index contributed by atoms with van der Waals surface area (Å²) in [5.74, 6) is -0.132. The third-order valence-corrected chi connectivity index (χ3v) is 5.68. The van der Waals surface area contributed by atoms with Crippen LogP contribution in [0.15, 0.2) is 24.3 Å². The molecule has 6 heteroatoms. The van der Waals surface area contributed by atoms with Crippen LogP contribution in [0, 0.1) is 11.3 Å². The number of thiophene rings is 1. The molecule has 0 fully saturated rings. The van der Waals surface area contributed by atoms with Crippen molar-refractivity contribution in [1.82, 2.24) is 5.32 Å². The number of hydrogen-bond acceptors (Lipinski definition) is 4. The van der Waals surface area contributed by atoms with Gasteiger partial charge in [-0.3, -0.25) is 4.79 Å². The van der Waals surface area contributed by atoms with Gasteiger partial charge >= 0.3 is 0 Å². The van der Waals surface area contributed by atoms with Crippen molar-refractivity contribution >= 4 is 33.8 Å². The third kappa shape index (κ3) is 3.62. The maximum atomic E-state index is 12.2. The zero-order chi connectivity index (χ0) is 17.1. The van der Waals surface area contributed by atoms with Gasteiger partial charge in [-0.25, -0.2) is 0 Å². The number of nitrogens with one attached hydrogen (secondary N) is 2. The summed E-state index contributed by atoms with van der Waals surface area (Å²) < 4.78 is 0. The second kappa shape index (κ2) is 7.35. The molecule has 24 heavy (non-hydrogen) atoms. The number of carbonyl (C=O) groups is 1. The Morgan fingerprint density at radius 1 is 1.38 bits per heavy atom. The van der Waals surface area contributed by atoms with E-state index in [1.165, 1.54) is 16.2 Å². The zero-order valence-electron chi connectivity index (χ0n) is 13.4. The van der Waals surface area contributed by atoms with Gasteiger partial charge in [0.15, 0.2) is 0 Å². The SMILES string of the molecule is C[C@H](NCC(=O)Nc1sc2c(c1C#N)CCC2)c1ccc(Cl)cc1. The molecule has 0 radical (unpaired) electrons. The molecule has 2 N–H and O–H groups in total. The minimum Gasteiger partial charge on any atom is -0.315 e. The van der Waals surface area contributed by atoms with Gasteiger partial charge < -0.3 is 10.6 Å². The standard InChI is InChI=1S/C18H18ClN3OS/c1-11(12-5-7-13(19)8-6-12)21-10-17(23)22-18-15(9-20)14-3-2-4-16(14)24-18/h5-8,11,21H,2-4,10H2,1H3,(H,22,23)/t11-/m0/s1. The lowest BCUT2D eigenvalue weighted by Crippen LogP contribution is -2.30. The van der Waals surface area contributed by atoms with Crippen LogP contribution >= 0.6 is 22.9 Å². The van der Waals surface area contributed by atoms with Gasteiger partial charge in [-0.1, -0.05) is 23.7 Å². The van der Waals surface area contributed by atoms with E-state index in [9.17, 15) is 10.1 Å². The average Bonchev–Trinajstić information content (AvgIpc) is 3.13. The third-order valence-electron chi connectivity index (χ3n) is 4.22. The molecular formula is C18H18ClN3OS. The van der Waals surface area contributed by atoms with Crippen molar-refractivity contribution in [3.8, 4) is 6.07 Å². The van der Waals surface area contributed by atoms with Crippen LogP contribution in [-0.2, 0) is 17.6 Å². The van der Waals surface area contributed by atoms with Crippen molar-refractivity contribution in [2.24, 2.45) is 0 Å². The highest BCUT2D eigenvalue weighted by Gasteiger charge is 2.23. The Morgan fingerprint density at radius 2 is 2.12 bits per heavy atom. The normalized spacial score (nSPS) is 14.0. The van der Waals surface area contributed by atoms with Gasteiger partial charge in [0.05, 0.1) is 12.1 Å². The van der Waals surface area contributed by atoms with Crippen molar-refractivity contribution in [3.63, 3.8) is 0 Å². The maximum absolute atomic E-state index is 12.2. The topological polar surface area (TPSA) is 64.9 Å². The van der Waals surface area contributed by atoms with Gasteiger partial charge in [0.25, 0.3) is 0 Å². The van der Waals surface area contributed by atoms with Crippen LogP contribution in [0.3, 0.4) is 0 Å². The van der Waals surface area contributed by atoms with E-state index >= 15 is 0 Å². The minimum absolute atomic E-state index is 0.0387. The first-order chi connectivity index (χ1) is 11.6. The molecule has 124 valence electrons. The smallest absolute Gasteiger partial charge is 0.238 e. The molecule has 4 nitrogen and oxygen atoms in total. The monoisotopic (exact) mass is 359 g/mol. The summed E-state index contributed by atoms with van der Waals surface area (Å²) in [5.41, 5.74) is 2.84. The predicted molar refractivity (Wildman–Crippen MR) is 97.6 cm³/mol. The largest absolute Gasteiger partial charge is 0.315 e. The summed E-state index contributed by atoms with van der Waals surface area (Å²) in [6.07, 6.45) is 3.05. The van der Waals surface area contributed by atoms with Gasteiger partial charge in [-0.05, 0) is 49.4 Å². The van der Waals surface area contributed by atoms with Crippen LogP contribution in [0.4, 0.5) is 5.00 Å². The Hall–Kier alpha value is -1.87. The molecule has 0 aliphatic heterocycles. The van der Waals surface area contributed by atoms with Gasteiger partial charge in [0, 0.05) is 15.9 Å². The van der Waals surface area contributed by atoms with E-state index in [2.05, 4.69) is 16.7 Å². The quantitative estimate of drug-likeness (QED) is 0.846. The highest BCUT2D eigenvalue weighted by molar-refractivity contribution is 7.16. The van der Waals surface area contributed by atoms with Crippen LogP contribution in [0.2, 0.25) is 5.02 Å². The number of amides is 1. The summed E-state index contributed by atoms with van der Waals surface area (Å²) in [5, 5.41) is 16.8. The predicted octanol–water partition coefficient (Wildman–Crippen LogP) is 4.05. The zero-order valence-corrected chi connectivity index (χ0v) is 14.9. The van der Waals surface area contributed by atoms with Gasteiger partial charge in [-0.2, -0.15) is 5.26 Å². The molecule has 1 amide bonds. The lowest BCUT2D eigenvalue weighted by Gasteiger charge is -2.14. The average molecular weight is 360 g/mol. The van der Waals surface area contributed by atoms with Crippen molar-refractivity contribution in [1.29, 1.82) is 5.26 Å². The van der Waals surface area contributed by atoms with Gasteiger partial charge in [-0.15, -0.1) is 11.3 Å². The van der Waals surface area contributed by atoms with Crippen LogP contribution < -0.4 is 10.6 Å².